The van der Waals surface area contributed by atoms with Gasteiger partial charge in [-0.2, -0.15) is 0 Å². The van der Waals surface area contributed by atoms with Crippen molar-refractivity contribution in [3.8, 4) is 0 Å². The largest absolute Gasteiger partial charge is 0.311 e. The molecule has 0 aliphatic rings. The average molecular weight is 326 g/mol. The van der Waals surface area contributed by atoms with Gasteiger partial charge in [0.2, 0.25) is 5.82 Å². The number of pyridine rings is 1. The van der Waals surface area contributed by atoms with Gasteiger partial charge in [0.15, 0.2) is 0 Å². The highest BCUT2D eigenvalue weighted by Gasteiger charge is 2.19. The second-order valence-electron chi connectivity index (χ2n) is 4.18. The summed E-state index contributed by atoms with van der Waals surface area (Å²) < 4.78 is 0. The molecule has 0 atom stereocenters. The van der Waals surface area contributed by atoms with E-state index in [1.807, 2.05) is 0 Å². The lowest BCUT2D eigenvalue weighted by molar-refractivity contribution is -0.384. The van der Waals surface area contributed by atoms with Crippen LogP contribution in [0.3, 0.4) is 0 Å². The van der Waals surface area contributed by atoms with Crippen molar-refractivity contribution in [2.24, 2.45) is 0 Å². The van der Waals surface area contributed by atoms with Crippen LogP contribution in [0.25, 0.3) is 0 Å². The van der Waals surface area contributed by atoms with Gasteiger partial charge in [-0.1, -0.05) is 23.2 Å². The third kappa shape index (κ3) is 3.48. The van der Waals surface area contributed by atoms with Crippen LogP contribution in [-0.2, 0) is 0 Å². The maximum atomic E-state index is 12.1. The molecule has 2 aromatic rings. The van der Waals surface area contributed by atoms with Gasteiger partial charge in [-0.05, 0) is 36.8 Å². The fraction of sp³-hybridized carbons (Fsp3) is 0.0769. The lowest BCUT2D eigenvalue weighted by Crippen LogP contribution is -2.14. The number of benzene rings is 1. The SMILES string of the molecule is Cc1cc(C(=O)Nc2nc(Cl)ccc2[N+](=O)[O-])ccc1Cl. The fourth-order valence-electron chi connectivity index (χ4n) is 1.63. The van der Waals surface area contributed by atoms with E-state index < -0.39 is 10.8 Å². The van der Waals surface area contributed by atoms with Gasteiger partial charge in [-0.25, -0.2) is 4.98 Å². The molecule has 0 aliphatic heterocycles. The van der Waals surface area contributed by atoms with Crippen molar-refractivity contribution >= 4 is 40.6 Å². The van der Waals surface area contributed by atoms with Crippen LogP contribution in [0.4, 0.5) is 11.5 Å². The Balaban J connectivity index is 2.33. The third-order valence-electron chi connectivity index (χ3n) is 2.69. The molecule has 0 saturated heterocycles. The van der Waals surface area contributed by atoms with Crippen LogP contribution in [0, 0.1) is 17.0 Å². The second kappa shape index (κ2) is 6.07. The monoisotopic (exact) mass is 325 g/mol. The Bertz CT molecular complexity index is 735. The number of carbonyl (C=O) groups excluding carboxylic acids is 1. The van der Waals surface area contributed by atoms with E-state index in [0.717, 1.165) is 5.56 Å². The molecule has 8 heteroatoms. The number of nitrogens with zero attached hydrogens (tertiary/aromatic N) is 2. The standard InChI is InChI=1S/C13H9Cl2N3O3/c1-7-6-8(2-3-9(7)14)13(19)17-12-10(18(20)21)4-5-11(15)16-12/h2-6H,1H3,(H,16,17,19). The number of nitrogens with one attached hydrogen (secondary N) is 1. The summed E-state index contributed by atoms with van der Waals surface area (Å²) in [6.07, 6.45) is 0. The van der Waals surface area contributed by atoms with Crippen LogP contribution >= 0.6 is 23.2 Å². The number of aromatic nitrogens is 1. The van der Waals surface area contributed by atoms with E-state index in [4.69, 9.17) is 23.2 Å². The van der Waals surface area contributed by atoms with E-state index >= 15 is 0 Å². The van der Waals surface area contributed by atoms with E-state index in [-0.39, 0.29) is 16.7 Å². The van der Waals surface area contributed by atoms with Crippen molar-refractivity contribution in [3.63, 3.8) is 0 Å². The lowest BCUT2D eigenvalue weighted by Gasteiger charge is -2.07. The molecule has 2 rings (SSSR count). The topological polar surface area (TPSA) is 85.1 Å². The van der Waals surface area contributed by atoms with Crippen molar-refractivity contribution in [1.29, 1.82) is 0 Å². The smallest absolute Gasteiger partial charge is 0.301 e. The number of halogens is 2. The molecule has 1 N–H and O–H groups in total. The van der Waals surface area contributed by atoms with E-state index in [0.29, 0.717) is 10.6 Å². The Morgan fingerprint density at radius 1 is 1.29 bits per heavy atom. The quantitative estimate of drug-likeness (QED) is 0.527. The number of hydrogen-bond acceptors (Lipinski definition) is 4. The molecule has 0 aliphatic carbocycles. The molecule has 0 unspecified atom stereocenters. The van der Waals surface area contributed by atoms with Crippen molar-refractivity contribution in [1.82, 2.24) is 4.98 Å². The maximum Gasteiger partial charge on any atom is 0.311 e. The Labute approximate surface area is 129 Å². The molecule has 1 aromatic heterocycles. The summed E-state index contributed by atoms with van der Waals surface area (Å²) in [5, 5.41) is 13.9. The van der Waals surface area contributed by atoms with Gasteiger partial charge in [0.25, 0.3) is 5.91 Å². The Morgan fingerprint density at radius 3 is 2.62 bits per heavy atom. The summed E-state index contributed by atoms with van der Waals surface area (Å²) in [6.45, 7) is 1.75. The minimum atomic E-state index is -0.647. The Hall–Kier alpha value is -2.18. The average Bonchev–Trinajstić information content (AvgIpc) is 2.41. The molecule has 1 heterocycles. The number of amides is 1. The maximum absolute atomic E-state index is 12.1. The minimum Gasteiger partial charge on any atom is -0.301 e. The van der Waals surface area contributed by atoms with Gasteiger partial charge in [0.1, 0.15) is 5.15 Å². The first kappa shape index (κ1) is 15.2. The van der Waals surface area contributed by atoms with Crippen LogP contribution < -0.4 is 5.32 Å². The molecule has 0 radical (unpaired) electrons. The van der Waals surface area contributed by atoms with E-state index in [2.05, 4.69) is 10.3 Å². The molecule has 21 heavy (non-hydrogen) atoms. The number of hydrogen-bond donors (Lipinski definition) is 1. The van der Waals surface area contributed by atoms with Gasteiger partial charge < -0.3 is 5.32 Å². The van der Waals surface area contributed by atoms with Crippen LogP contribution in [-0.4, -0.2) is 15.8 Å². The van der Waals surface area contributed by atoms with Crippen molar-refractivity contribution < 1.29 is 9.72 Å². The summed E-state index contributed by atoms with van der Waals surface area (Å²) in [5.41, 5.74) is 0.698. The summed E-state index contributed by atoms with van der Waals surface area (Å²) in [6, 6.07) is 7.13. The molecule has 0 bridgehead atoms. The molecule has 1 aromatic carbocycles. The van der Waals surface area contributed by atoms with Crippen molar-refractivity contribution in [2.75, 3.05) is 5.32 Å². The van der Waals surface area contributed by atoms with Gasteiger partial charge in [-0.3, -0.25) is 14.9 Å². The van der Waals surface area contributed by atoms with Crippen LogP contribution in [0.5, 0.6) is 0 Å². The number of rotatable bonds is 3. The highest BCUT2D eigenvalue weighted by atomic mass is 35.5. The first-order valence-electron chi connectivity index (χ1n) is 5.77. The van der Waals surface area contributed by atoms with Gasteiger partial charge in [-0.15, -0.1) is 0 Å². The van der Waals surface area contributed by atoms with Crippen molar-refractivity contribution in [2.45, 2.75) is 6.92 Å². The highest BCUT2D eigenvalue weighted by Crippen LogP contribution is 2.25. The van der Waals surface area contributed by atoms with Crippen molar-refractivity contribution in [3.05, 3.63) is 61.7 Å². The summed E-state index contributed by atoms with van der Waals surface area (Å²) >= 11 is 11.6. The van der Waals surface area contributed by atoms with Crippen LogP contribution in [0.15, 0.2) is 30.3 Å². The number of aryl methyl sites for hydroxylation is 1. The molecule has 0 saturated carbocycles. The second-order valence-corrected chi connectivity index (χ2v) is 4.97. The van der Waals surface area contributed by atoms with Crippen LogP contribution in [0.2, 0.25) is 10.2 Å². The first-order valence-corrected chi connectivity index (χ1v) is 6.52. The zero-order valence-electron chi connectivity index (χ0n) is 10.8. The number of anilines is 1. The first-order chi connectivity index (χ1) is 9.88. The zero-order chi connectivity index (χ0) is 15.6. The predicted octanol–water partition coefficient (Wildman–Crippen LogP) is 3.86. The van der Waals surface area contributed by atoms with Crippen LogP contribution in [0.1, 0.15) is 15.9 Å². The summed E-state index contributed by atoms with van der Waals surface area (Å²) in [4.78, 5) is 26.1. The van der Waals surface area contributed by atoms with Gasteiger partial charge in [0, 0.05) is 16.7 Å². The molecule has 1 amide bonds. The Kier molecular flexibility index (Phi) is 4.40. The van der Waals surface area contributed by atoms with E-state index in [1.165, 1.54) is 18.2 Å². The highest BCUT2D eigenvalue weighted by molar-refractivity contribution is 6.31. The molecule has 0 fully saturated rings. The van der Waals surface area contributed by atoms with E-state index in [9.17, 15) is 14.9 Å². The third-order valence-corrected chi connectivity index (χ3v) is 3.32. The molecular weight excluding hydrogens is 317 g/mol. The number of nitro groups is 1. The normalized spacial score (nSPS) is 10.2. The predicted molar refractivity (Wildman–Crippen MR) is 80.0 cm³/mol. The summed E-state index contributed by atoms with van der Waals surface area (Å²) in [5.74, 6) is -0.738. The minimum absolute atomic E-state index is 0.0446. The molecule has 108 valence electrons. The molecule has 0 spiro atoms. The Morgan fingerprint density at radius 2 is 2.00 bits per heavy atom. The molecule has 6 nitrogen and oxygen atoms in total. The van der Waals surface area contributed by atoms with E-state index in [1.54, 1.807) is 19.1 Å². The molecular formula is C13H9Cl2N3O3. The number of carbonyl (C=O) groups is 1. The summed E-state index contributed by atoms with van der Waals surface area (Å²) in [7, 11) is 0. The zero-order valence-corrected chi connectivity index (χ0v) is 12.3. The van der Waals surface area contributed by atoms with Gasteiger partial charge in [0.05, 0.1) is 4.92 Å². The lowest BCUT2D eigenvalue weighted by atomic mass is 10.1. The fourth-order valence-corrected chi connectivity index (χ4v) is 1.90. The van der Waals surface area contributed by atoms with Gasteiger partial charge >= 0.3 is 5.69 Å².